The molecule has 0 bridgehead atoms. The molecule has 0 aliphatic carbocycles. The highest BCUT2D eigenvalue weighted by atomic mass is 16.6. The number of hydrogen-bond acceptors (Lipinski definition) is 5. The van der Waals surface area contributed by atoms with Crippen LogP contribution in [-0.4, -0.2) is 54.6 Å². The van der Waals surface area contributed by atoms with Crippen molar-refractivity contribution >= 4 is 11.6 Å². The lowest BCUT2D eigenvalue weighted by molar-refractivity contribution is -0.384. The van der Waals surface area contributed by atoms with Gasteiger partial charge in [-0.1, -0.05) is 12.1 Å². The van der Waals surface area contributed by atoms with Crippen LogP contribution in [0.2, 0.25) is 0 Å². The quantitative estimate of drug-likeness (QED) is 0.625. The van der Waals surface area contributed by atoms with Crippen molar-refractivity contribution in [3.05, 3.63) is 39.9 Å². The van der Waals surface area contributed by atoms with Gasteiger partial charge >= 0.3 is 0 Å². The first kappa shape index (κ1) is 16.4. The topological polar surface area (TPSA) is 84.7 Å². The maximum atomic E-state index is 11.9. The van der Waals surface area contributed by atoms with Gasteiger partial charge in [0, 0.05) is 37.8 Å². The van der Waals surface area contributed by atoms with Crippen LogP contribution in [0.3, 0.4) is 0 Å². The minimum Gasteiger partial charge on any atom is -0.379 e. The van der Waals surface area contributed by atoms with Crippen LogP contribution in [0, 0.1) is 10.1 Å². The fraction of sp³-hybridized carbons (Fsp3) is 0.533. The maximum Gasteiger partial charge on any atom is 0.269 e. The van der Waals surface area contributed by atoms with Crippen molar-refractivity contribution in [2.45, 2.75) is 19.4 Å². The van der Waals surface area contributed by atoms with Gasteiger partial charge in [-0.2, -0.15) is 0 Å². The Morgan fingerprint density at radius 3 is 2.59 bits per heavy atom. The summed E-state index contributed by atoms with van der Waals surface area (Å²) in [5, 5.41) is 13.5. The molecule has 0 spiro atoms. The van der Waals surface area contributed by atoms with Crippen LogP contribution in [0.4, 0.5) is 5.69 Å². The number of non-ortho nitro benzene ring substituents is 1. The molecular weight excluding hydrogens is 286 g/mol. The number of carbonyl (C=O) groups excluding carboxylic acids is 1. The zero-order chi connectivity index (χ0) is 15.9. The molecule has 0 aromatic heterocycles. The van der Waals surface area contributed by atoms with Gasteiger partial charge in [0.2, 0.25) is 5.91 Å². The Morgan fingerprint density at radius 2 is 2.00 bits per heavy atom. The first-order chi connectivity index (χ1) is 10.6. The number of rotatable bonds is 6. The van der Waals surface area contributed by atoms with Crippen molar-refractivity contribution in [3.63, 3.8) is 0 Å². The zero-order valence-corrected chi connectivity index (χ0v) is 12.7. The summed E-state index contributed by atoms with van der Waals surface area (Å²) in [7, 11) is 0. The highest BCUT2D eigenvalue weighted by molar-refractivity contribution is 5.78. The molecule has 1 aromatic carbocycles. The SMILES string of the molecule is CC(CNC(=O)Cc1ccc([N+](=O)[O-])cc1)N1CCOCC1. The van der Waals surface area contributed by atoms with Gasteiger partial charge in [0.1, 0.15) is 0 Å². The summed E-state index contributed by atoms with van der Waals surface area (Å²) >= 11 is 0. The second-order valence-electron chi connectivity index (χ2n) is 5.40. The van der Waals surface area contributed by atoms with E-state index in [1.807, 2.05) is 0 Å². The monoisotopic (exact) mass is 307 g/mol. The highest BCUT2D eigenvalue weighted by Gasteiger charge is 2.17. The van der Waals surface area contributed by atoms with Crippen molar-refractivity contribution in [1.82, 2.24) is 10.2 Å². The fourth-order valence-corrected chi connectivity index (χ4v) is 2.39. The Bertz CT molecular complexity index is 512. The molecule has 7 nitrogen and oxygen atoms in total. The van der Waals surface area contributed by atoms with E-state index < -0.39 is 4.92 Å². The van der Waals surface area contributed by atoms with E-state index in [1.54, 1.807) is 12.1 Å². The molecule has 2 rings (SSSR count). The number of hydrogen-bond donors (Lipinski definition) is 1. The molecule has 1 amide bonds. The van der Waals surface area contributed by atoms with Crippen LogP contribution in [0.25, 0.3) is 0 Å². The second kappa shape index (κ2) is 7.86. The minimum atomic E-state index is -0.451. The molecule has 1 N–H and O–H groups in total. The van der Waals surface area contributed by atoms with E-state index in [2.05, 4.69) is 17.1 Å². The Hall–Kier alpha value is -1.99. The maximum absolute atomic E-state index is 11.9. The van der Waals surface area contributed by atoms with Gasteiger partial charge in [0.15, 0.2) is 0 Å². The van der Waals surface area contributed by atoms with Crippen molar-refractivity contribution in [2.75, 3.05) is 32.8 Å². The third-order valence-corrected chi connectivity index (χ3v) is 3.78. The van der Waals surface area contributed by atoms with E-state index in [9.17, 15) is 14.9 Å². The third kappa shape index (κ3) is 4.78. The standard InChI is InChI=1S/C15H21N3O4/c1-12(17-6-8-22-9-7-17)11-16-15(19)10-13-2-4-14(5-3-13)18(20)21/h2-5,12H,6-11H2,1H3,(H,16,19). The lowest BCUT2D eigenvalue weighted by Crippen LogP contribution is -2.47. The number of nitro benzene ring substituents is 1. The predicted octanol–water partition coefficient (Wildman–Crippen LogP) is 0.974. The van der Waals surface area contributed by atoms with Crippen molar-refractivity contribution in [3.8, 4) is 0 Å². The number of nitrogens with one attached hydrogen (secondary N) is 1. The van der Waals surface area contributed by atoms with E-state index in [-0.39, 0.29) is 24.1 Å². The van der Waals surface area contributed by atoms with Crippen LogP contribution in [0.1, 0.15) is 12.5 Å². The first-order valence-corrected chi connectivity index (χ1v) is 7.38. The lowest BCUT2D eigenvalue weighted by atomic mass is 10.1. The molecule has 7 heteroatoms. The van der Waals surface area contributed by atoms with Crippen molar-refractivity contribution in [2.24, 2.45) is 0 Å². The minimum absolute atomic E-state index is 0.0325. The molecule has 1 fully saturated rings. The van der Waals surface area contributed by atoms with Gasteiger partial charge in [0.05, 0.1) is 24.6 Å². The van der Waals surface area contributed by atoms with Crippen LogP contribution in [0.5, 0.6) is 0 Å². The highest BCUT2D eigenvalue weighted by Crippen LogP contribution is 2.12. The fourth-order valence-electron chi connectivity index (χ4n) is 2.39. The van der Waals surface area contributed by atoms with Crippen molar-refractivity contribution < 1.29 is 14.5 Å². The Kier molecular flexibility index (Phi) is 5.85. The molecular formula is C15H21N3O4. The smallest absolute Gasteiger partial charge is 0.269 e. The molecule has 1 aliphatic rings. The number of nitrogens with zero attached hydrogens (tertiary/aromatic N) is 2. The van der Waals surface area contributed by atoms with Gasteiger partial charge in [-0.15, -0.1) is 0 Å². The molecule has 1 atom stereocenters. The average molecular weight is 307 g/mol. The summed E-state index contributed by atoms with van der Waals surface area (Å²) in [6.45, 7) is 5.92. The summed E-state index contributed by atoms with van der Waals surface area (Å²) in [5.41, 5.74) is 0.798. The number of morpholine rings is 1. The molecule has 0 saturated carbocycles. The molecule has 120 valence electrons. The average Bonchev–Trinajstić information content (AvgIpc) is 2.54. The van der Waals surface area contributed by atoms with E-state index in [1.165, 1.54) is 12.1 Å². The van der Waals surface area contributed by atoms with Gasteiger partial charge in [0.25, 0.3) is 5.69 Å². The molecule has 0 radical (unpaired) electrons. The van der Waals surface area contributed by atoms with Gasteiger partial charge in [-0.25, -0.2) is 0 Å². The predicted molar refractivity (Wildman–Crippen MR) is 81.7 cm³/mol. The Balaban J connectivity index is 1.76. The Labute approximate surface area is 129 Å². The Morgan fingerprint density at radius 1 is 1.36 bits per heavy atom. The van der Waals surface area contributed by atoms with Gasteiger partial charge < -0.3 is 10.1 Å². The summed E-state index contributed by atoms with van der Waals surface area (Å²) in [5.74, 6) is -0.0750. The number of ether oxygens (including phenoxy) is 1. The lowest BCUT2D eigenvalue weighted by Gasteiger charge is -2.32. The summed E-state index contributed by atoms with van der Waals surface area (Å²) < 4.78 is 5.30. The first-order valence-electron chi connectivity index (χ1n) is 7.38. The van der Waals surface area contributed by atoms with Crippen LogP contribution < -0.4 is 5.32 Å². The molecule has 1 aromatic rings. The third-order valence-electron chi connectivity index (χ3n) is 3.78. The van der Waals surface area contributed by atoms with Crippen LogP contribution >= 0.6 is 0 Å². The summed E-state index contributed by atoms with van der Waals surface area (Å²) in [6, 6.07) is 6.33. The summed E-state index contributed by atoms with van der Waals surface area (Å²) in [4.78, 5) is 24.3. The summed E-state index contributed by atoms with van der Waals surface area (Å²) in [6.07, 6.45) is 0.230. The number of carbonyl (C=O) groups is 1. The van der Waals surface area contributed by atoms with Crippen LogP contribution in [0.15, 0.2) is 24.3 Å². The number of benzene rings is 1. The normalized spacial score (nSPS) is 17.0. The van der Waals surface area contributed by atoms with E-state index in [4.69, 9.17) is 4.74 Å². The van der Waals surface area contributed by atoms with Gasteiger partial charge in [-0.3, -0.25) is 19.8 Å². The molecule has 1 heterocycles. The molecule has 1 aliphatic heterocycles. The van der Waals surface area contributed by atoms with Gasteiger partial charge in [-0.05, 0) is 12.5 Å². The molecule has 22 heavy (non-hydrogen) atoms. The number of amides is 1. The molecule has 1 saturated heterocycles. The largest absolute Gasteiger partial charge is 0.379 e. The zero-order valence-electron chi connectivity index (χ0n) is 12.7. The van der Waals surface area contributed by atoms with E-state index in [0.29, 0.717) is 6.54 Å². The van der Waals surface area contributed by atoms with E-state index >= 15 is 0 Å². The second-order valence-corrected chi connectivity index (χ2v) is 5.40. The van der Waals surface area contributed by atoms with Crippen LogP contribution in [-0.2, 0) is 16.0 Å². The molecule has 1 unspecified atom stereocenters. The van der Waals surface area contributed by atoms with Crippen molar-refractivity contribution in [1.29, 1.82) is 0 Å². The number of nitro groups is 1. The van der Waals surface area contributed by atoms with E-state index in [0.717, 1.165) is 31.9 Å².